The molecule has 4 nitrogen and oxygen atoms in total. The highest BCUT2D eigenvalue weighted by Gasteiger charge is 2.17. The van der Waals surface area contributed by atoms with Crippen molar-refractivity contribution in [3.63, 3.8) is 0 Å². The van der Waals surface area contributed by atoms with Gasteiger partial charge in [-0.1, -0.05) is 60.2 Å². The van der Waals surface area contributed by atoms with Crippen LogP contribution < -0.4 is 4.57 Å². The molecule has 2 aromatic carbocycles. The van der Waals surface area contributed by atoms with Crippen LogP contribution in [0, 0.1) is 6.92 Å². The van der Waals surface area contributed by atoms with Gasteiger partial charge in [0.1, 0.15) is 6.54 Å². The summed E-state index contributed by atoms with van der Waals surface area (Å²) in [6.07, 6.45) is 4.32. The van der Waals surface area contributed by atoms with Gasteiger partial charge in [-0.15, -0.1) is 0 Å². The molecule has 1 heterocycles. The van der Waals surface area contributed by atoms with E-state index in [1.165, 1.54) is 5.56 Å². The number of hydrogen-bond donors (Lipinski definition) is 0. The Kier molecular flexibility index (Phi) is 6.39. The molecule has 144 valence electrons. The van der Waals surface area contributed by atoms with Gasteiger partial charge in [0.15, 0.2) is 6.20 Å². The maximum Gasteiger partial charge on any atom is 0.213 e. The Morgan fingerprint density at radius 2 is 1.64 bits per heavy atom. The summed E-state index contributed by atoms with van der Waals surface area (Å²) in [6.45, 7) is 2.51. The molecular weight excluding hydrogens is 370 g/mol. The van der Waals surface area contributed by atoms with Gasteiger partial charge < -0.3 is 4.55 Å². The zero-order valence-electron chi connectivity index (χ0n) is 15.8. The Hall–Kier alpha value is -2.76. The molecule has 1 aromatic heterocycles. The first-order valence-electron chi connectivity index (χ1n) is 9.18. The molecule has 0 saturated carbocycles. The topological polar surface area (TPSA) is 61.1 Å². The van der Waals surface area contributed by atoms with Crippen LogP contribution >= 0.6 is 0 Å². The first kappa shape index (κ1) is 20.0. The molecule has 0 atom stereocenters. The Balaban J connectivity index is 2.03. The van der Waals surface area contributed by atoms with Crippen LogP contribution in [0.5, 0.6) is 0 Å². The number of benzene rings is 2. The van der Waals surface area contributed by atoms with Crippen LogP contribution in [0.15, 0.2) is 79.0 Å². The fourth-order valence-corrected chi connectivity index (χ4v) is 3.56. The highest BCUT2D eigenvalue weighted by molar-refractivity contribution is 7.85. The molecule has 0 aliphatic carbocycles. The molecule has 0 radical (unpaired) electrons. The summed E-state index contributed by atoms with van der Waals surface area (Å²) in [7, 11) is -4.21. The lowest BCUT2D eigenvalue weighted by atomic mass is 9.98. The van der Waals surface area contributed by atoms with Crippen molar-refractivity contribution in [3.8, 4) is 0 Å². The van der Waals surface area contributed by atoms with E-state index in [-0.39, 0.29) is 12.2 Å². The van der Waals surface area contributed by atoms with Crippen LogP contribution in [0.3, 0.4) is 0 Å². The van der Waals surface area contributed by atoms with Crippen LogP contribution in [-0.2, 0) is 16.7 Å². The molecule has 0 aliphatic heterocycles. The number of nitrogens with zero attached hydrogens (tertiary/aromatic N) is 1. The van der Waals surface area contributed by atoms with E-state index in [9.17, 15) is 13.0 Å². The fourth-order valence-electron chi connectivity index (χ4n) is 3.08. The predicted octanol–water partition coefficient (Wildman–Crippen LogP) is 3.81. The van der Waals surface area contributed by atoms with Gasteiger partial charge in [-0.3, -0.25) is 0 Å². The van der Waals surface area contributed by atoms with Crippen molar-refractivity contribution in [3.05, 3.63) is 101 Å². The predicted molar refractivity (Wildman–Crippen MR) is 110 cm³/mol. The maximum absolute atomic E-state index is 11.0. The van der Waals surface area contributed by atoms with E-state index in [4.69, 9.17) is 0 Å². The number of aryl methyl sites for hydroxylation is 2. The van der Waals surface area contributed by atoms with Crippen molar-refractivity contribution < 1.29 is 17.5 Å². The van der Waals surface area contributed by atoms with Gasteiger partial charge in [-0.25, -0.2) is 8.42 Å². The number of rotatable bonds is 7. The zero-order valence-corrected chi connectivity index (χ0v) is 16.6. The third-order valence-corrected chi connectivity index (χ3v) is 5.27. The highest BCUT2D eigenvalue weighted by Crippen LogP contribution is 2.24. The lowest BCUT2D eigenvalue weighted by Gasteiger charge is -2.10. The first-order chi connectivity index (χ1) is 13.4. The van der Waals surface area contributed by atoms with Gasteiger partial charge in [0.05, 0.1) is 15.7 Å². The Morgan fingerprint density at radius 1 is 0.964 bits per heavy atom. The van der Waals surface area contributed by atoms with Crippen molar-refractivity contribution in [2.45, 2.75) is 19.9 Å². The van der Waals surface area contributed by atoms with Gasteiger partial charge >= 0.3 is 0 Å². The molecule has 0 aliphatic rings. The first-order valence-corrected chi connectivity index (χ1v) is 10.8. The zero-order chi connectivity index (χ0) is 20.0. The Labute approximate surface area is 166 Å². The minimum absolute atomic E-state index is 0.278. The lowest BCUT2D eigenvalue weighted by Crippen LogP contribution is -2.38. The quantitative estimate of drug-likeness (QED) is 0.348. The van der Waals surface area contributed by atoms with Gasteiger partial charge in [0.25, 0.3) is 0 Å². The average Bonchev–Trinajstić information content (AvgIpc) is 2.68. The fraction of sp³-hybridized carbons (Fsp3) is 0.174. The van der Waals surface area contributed by atoms with Gasteiger partial charge in [0.2, 0.25) is 5.69 Å². The number of hydrogen-bond acceptors (Lipinski definition) is 3. The van der Waals surface area contributed by atoms with Crippen molar-refractivity contribution in [1.82, 2.24) is 0 Å². The van der Waals surface area contributed by atoms with Gasteiger partial charge in [-0.05, 0) is 30.2 Å². The number of aromatic nitrogens is 1. The summed E-state index contributed by atoms with van der Waals surface area (Å²) in [4.78, 5) is 0. The van der Waals surface area contributed by atoms with Crippen molar-refractivity contribution in [1.29, 1.82) is 0 Å². The third kappa shape index (κ3) is 5.62. The molecule has 0 saturated heterocycles. The average molecular weight is 394 g/mol. The molecule has 3 rings (SSSR count). The number of pyridine rings is 1. The summed E-state index contributed by atoms with van der Waals surface area (Å²) < 4.78 is 34.9. The minimum Gasteiger partial charge on any atom is -0.748 e. The monoisotopic (exact) mass is 393 g/mol. The van der Waals surface area contributed by atoms with E-state index in [0.717, 1.165) is 22.4 Å². The van der Waals surface area contributed by atoms with Crippen molar-refractivity contribution >= 4 is 21.8 Å². The third-order valence-electron chi connectivity index (χ3n) is 4.48. The molecule has 5 heteroatoms. The minimum atomic E-state index is -4.21. The van der Waals surface area contributed by atoms with E-state index in [1.807, 2.05) is 47.2 Å². The van der Waals surface area contributed by atoms with Crippen LogP contribution in [0.25, 0.3) is 11.6 Å². The molecule has 0 fully saturated rings. The van der Waals surface area contributed by atoms with Crippen LogP contribution in [0.4, 0.5) is 0 Å². The molecule has 0 unspecified atom stereocenters. The van der Waals surface area contributed by atoms with Gasteiger partial charge in [-0.2, -0.15) is 4.57 Å². The molecule has 28 heavy (non-hydrogen) atoms. The summed E-state index contributed by atoms with van der Waals surface area (Å²) in [5, 5.41) is 0. The van der Waals surface area contributed by atoms with Crippen LogP contribution in [-0.4, -0.2) is 18.7 Å². The maximum atomic E-state index is 11.0. The largest absolute Gasteiger partial charge is 0.748 e. The SMILES string of the molecule is Cc1ccc(/C=C(\c2ccccc2)c2cccc[n+]2CCCS(=O)(=O)[O-])cc1. The van der Waals surface area contributed by atoms with E-state index < -0.39 is 10.1 Å². The molecular formula is C23H23NO3S. The van der Waals surface area contributed by atoms with E-state index in [0.29, 0.717) is 6.54 Å². The molecule has 3 aromatic rings. The standard InChI is InChI=1S/C23H23NO3S/c1-19-11-13-20(14-12-19)18-22(21-8-3-2-4-9-21)23-10-5-6-15-24(23)16-7-17-28(25,26)27/h2-6,8-15,18H,7,16-17H2,1H3/b22-18+. The van der Waals surface area contributed by atoms with Crippen molar-refractivity contribution in [2.75, 3.05) is 5.75 Å². The van der Waals surface area contributed by atoms with Crippen molar-refractivity contribution in [2.24, 2.45) is 0 Å². The van der Waals surface area contributed by atoms with E-state index in [1.54, 1.807) is 0 Å². The molecule has 0 amide bonds. The lowest BCUT2D eigenvalue weighted by molar-refractivity contribution is -0.698. The van der Waals surface area contributed by atoms with E-state index >= 15 is 0 Å². The summed E-state index contributed by atoms with van der Waals surface area (Å²) in [6, 6.07) is 24.3. The smallest absolute Gasteiger partial charge is 0.213 e. The molecule has 0 N–H and O–H groups in total. The summed E-state index contributed by atoms with van der Waals surface area (Å²) >= 11 is 0. The second kappa shape index (κ2) is 8.95. The Morgan fingerprint density at radius 3 is 2.32 bits per heavy atom. The second-order valence-corrected chi connectivity index (χ2v) is 8.25. The molecule has 0 spiro atoms. The van der Waals surface area contributed by atoms with Crippen LogP contribution in [0.1, 0.15) is 28.8 Å². The van der Waals surface area contributed by atoms with Gasteiger partial charge in [0, 0.05) is 24.3 Å². The Bertz CT molecular complexity index is 1060. The normalized spacial score (nSPS) is 12.1. The van der Waals surface area contributed by atoms with E-state index in [2.05, 4.69) is 49.4 Å². The second-order valence-electron chi connectivity index (χ2n) is 6.73. The highest BCUT2D eigenvalue weighted by atomic mass is 32.2. The van der Waals surface area contributed by atoms with Crippen LogP contribution in [0.2, 0.25) is 0 Å². The summed E-state index contributed by atoms with van der Waals surface area (Å²) in [5.41, 5.74) is 5.36. The summed E-state index contributed by atoms with van der Waals surface area (Å²) in [5.74, 6) is -0.364. The molecule has 0 bridgehead atoms.